The van der Waals surface area contributed by atoms with Crippen LogP contribution in [0.25, 0.3) is 0 Å². The summed E-state index contributed by atoms with van der Waals surface area (Å²) in [6.45, 7) is 3.60. The molecule has 0 radical (unpaired) electrons. The van der Waals surface area contributed by atoms with Crippen LogP contribution >= 0.6 is 0 Å². The van der Waals surface area contributed by atoms with Crippen LogP contribution in [0.2, 0.25) is 0 Å². The third-order valence-electron chi connectivity index (χ3n) is 3.09. The molecular formula is C14H17N3O7. The van der Waals surface area contributed by atoms with Gasteiger partial charge in [0.2, 0.25) is 5.91 Å². The second-order valence-electron chi connectivity index (χ2n) is 5.64. The topological polar surface area (TPSA) is 153 Å². The predicted octanol–water partition coefficient (Wildman–Crippen LogP) is 1.66. The van der Waals surface area contributed by atoms with Gasteiger partial charge in [0.05, 0.1) is 22.3 Å². The molecule has 1 aromatic rings. The van der Waals surface area contributed by atoms with Gasteiger partial charge in [0.15, 0.2) is 0 Å². The number of amides is 1. The number of benzene rings is 1. The molecule has 2 N–H and O–H groups in total. The van der Waals surface area contributed by atoms with Crippen LogP contribution in [0.15, 0.2) is 18.2 Å². The molecule has 130 valence electrons. The average Bonchev–Trinajstić information content (AvgIpc) is 2.45. The number of nitro groups is 2. The lowest BCUT2D eigenvalue weighted by molar-refractivity contribution is -0.394. The second-order valence-corrected chi connectivity index (χ2v) is 5.64. The molecule has 1 atom stereocenters. The van der Waals surface area contributed by atoms with Crippen molar-refractivity contribution in [2.75, 3.05) is 0 Å². The standard InChI is InChI=1S/C14H17N3O7/c1-8(2)3-12(14(19)20)15-13(18)6-9-4-10(16(21)22)7-11(5-9)17(23)24/h4-5,7-8,12H,3,6H2,1-2H3,(H,15,18)(H,19,20)/t12-/m1/s1. The zero-order chi connectivity index (χ0) is 18.4. The van der Waals surface area contributed by atoms with Crippen LogP contribution in [0.3, 0.4) is 0 Å². The first-order chi connectivity index (χ1) is 11.1. The fourth-order valence-corrected chi connectivity index (χ4v) is 2.09. The summed E-state index contributed by atoms with van der Waals surface area (Å²) in [6.07, 6.45) is -0.180. The van der Waals surface area contributed by atoms with Gasteiger partial charge >= 0.3 is 5.97 Å². The van der Waals surface area contributed by atoms with E-state index in [-0.39, 0.29) is 17.9 Å². The van der Waals surface area contributed by atoms with Crippen LogP contribution in [0.1, 0.15) is 25.8 Å². The Bertz CT molecular complexity index is 640. The molecule has 1 amide bonds. The Kier molecular flexibility index (Phi) is 6.33. The number of non-ortho nitro benzene ring substituents is 2. The Morgan fingerprint density at radius 3 is 2.00 bits per heavy atom. The lowest BCUT2D eigenvalue weighted by Crippen LogP contribution is -2.42. The highest BCUT2D eigenvalue weighted by molar-refractivity contribution is 5.85. The number of nitrogens with one attached hydrogen (secondary N) is 1. The molecule has 10 nitrogen and oxygen atoms in total. The van der Waals surface area contributed by atoms with E-state index in [2.05, 4.69) is 5.32 Å². The van der Waals surface area contributed by atoms with E-state index in [4.69, 9.17) is 5.11 Å². The minimum absolute atomic E-state index is 0.0327. The van der Waals surface area contributed by atoms with E-state index in [1.165, 1.54) is 0 Å². The van der Waals surface area contributed by atoms with Crippen LogP contribution in [0.4, 0.5) is 11.4 Å². The fourth-order valence-electron chi connectivity index (χ4n) is 2.09. The quantitative estimate of drug-likeness (QED) is 0.539. The largest absolute Gasteiger partial charge is 0.480 e. The summed E-state index contributed by atoms with van der Waals surface area (Å²) in [4.78, 5) is 43.1. The Hall–Kier alpha value is -3.04. The number of hydrogen-bond donors (Lipinski definition) is 2. The molecule has 0 aliphatic rings. The highest BCUT2D eigenvalue weighted by atomic mass is 16.6. The first-order valence-corrected chi connectivity index (χ1v) is 7.05. The van der Waals surface area contributed by atoms with Gasteiger partial charge in [-0.3, -0.25) is 25.0 Å². The van der Waals surface area contributed by atoms with Crippen LogP contribution in [-0.2, 0) is 16.0 Å². The summed E-state index contributed by atoms with van der Waals surface area (Å²) < 4.78 is 0. The van der Waals surface area contributed by atoms with Gasteiger partial charge in [-0.05, 0) is 17.9 Å². The summed E-state index contributed by atoms with van der Waals surface area (Å²) in [5, 5.41) is 33.0. The molecular weight excluding hydrogens is 322 g/mol. The highest BCUT2D eigenvalue weighted by Gasteiger charge is 2.22. The number of aliphatic carboxylic acids is 1. The number of carboxylic acid groups (broad SMARTS) is 1. The maximum Gasteiger partial charge on any atom is 0.326 e. The van der Waals surface area contributed by atoms with Crippen molar-refractivity contribution < 1.29 is 24.5 Å². The van der Waals surface area contributed by atoms with Crippen LogP contribution < -0.4 is 5.32 Å². The van der Waals surface area contributed by atoms with E-state index in [1.54, 1.807) is 13.8 Å². The van der Waals surface area contributed by atoms with E-state index < -0.39 is 45.6 Å². The van der Waals surface area contributed by atoms with Crippen molar-refractivity contribution in [1.82, 2.24) is 5.32 Å². The molecule has 0 bridgehead atoms. The summed E-state index contributed by atoms with van der Waals surface area (Å²) in [5.41, 5.74) is -0.963. The van der Waals surface area contributed by atoms with E-state index in [1.807, 2.05) is 0 Å². The third-order valence-corrected chi connectivity index (χ3v) is 3.09. The number of rotatable bonds is 8. The maximum absolute atomic E-state index is 12.0. The van der Waals surface area contributed by atoms with Gasteiger partial charge in [0, 0.05) is 12.1 Å². The van der Waals surface area contributed by atoms with E-state index in [9.17, 15) is 29.8 Å². The smallest absolute Gasteiger partial charge is 0.326 e. The van der Waals surface area contributed by atoms with Crippen molar-refractivity contribution in [3.05, 3.63) is 44.0 Å². The van der Waals surface area contributed by atoms with Gasteiger partial charge in [0.1, 0.15) is 6.04 Å². The summed E-state index contributed by atoms with van der Waals surface area (Å²) >= 11 is 0. The van der Waals surface area contributed by atoms with Crippen molar-refractivity contribution in [1.29, 1.82) is 0 Å². The number of carboxylic acids is 1. The number of nitrogens with zero attached hydrogens (tertiary/aromatic N) is 2. The summed E-state index contributed by atoms with van der Waals surface area (Å²) in [5.74, 6) is -1.84. The van der Waals surface area contributed by atoms with Crippen LogP contribution in [-0.4, -0.2) is 32.9 Å². The Morgan fingerprint density at radius 2 is 1.62 bits per heavy atom. The Balaban J connectivity index is 2.94. The third kappa shape index (κ3) is 5.63. The van der Waals surface area contributed by atoms with Crippen molar-refractivity contribution >= 4 is 23.3 Å². The summed E-state index contributed by atoms with van der Waals surface area (Å²) in [6, 6.07) is 1.79. The zero-order valence-corrected chi connectivity index (χ0v) is 13.1. The van der Waals surface area contributed by atoms with E-state index >= 15 is 0 Å². The molecule has 0 aliphatic heterocycles. The van der Waals surface area contributed by atoms with E-state index in [0.717, 1.165) is 18.2 Å². The minimum atomic E-state index is -1.19. The number of hydrogen-bond acceptors (Lipinski definition) is 6. The molecule has 1 rings (SSSR count). The fraction of sp³-hybridized carbons (Fsp3) is 0.429. The van der Waals surface area contributed by atoms with Gasteiger partial charge in [-0.2, -0.15) is 0 Å². The van der Waals surface area contributed by atoms with Crippen LogP contribution in [0.5, 0.6) is 0 Å². The predicted molar refractivity (Wildman–Crippen MR) is 82.5 cm³/mol. The molecule has 0 unspecified atom stereocenters. The molecule has 0 aromatic heterocycles. The monoisotopic (exact) mass is 339 g/mol. The average molecular weight is 339 g/mol. The lowest BCUT2D eigenvalue weighted by Gasteiger charge is -2.16. The molecule has 0 fully saturated rings. The Labute approximate surface area is 136 Å². The number of carbonyl (C=O) groups excluding carboxylic acids is 1. The van der Waals surface area contributed by atoms with Gasteiger partial charge in [-0.25, -0.2) is 4.79 Å². The van der Waals surface area contributed by atoms with Crippen molar-refractivity contribution in [2.24, 2.45) is 5.92 Å². The Morgan fingerprint density at radius 1 is 1.12 bits per heavy atom. The second kappa shape index (κ2) is 7.99. The number of nitro benzene ring substituents is 2. The normalized spacial score (nSPS) is 11.8. The van der Waals surface area contributed by atoms with Crippen molar-refractivity contribution in [3.63, 3.8) is 0 Å². The summed E-state index contributed by atoms with van der Waals surface area (Å²) in [7, 11) is 0. The van der Waals surface area contributed by atoms with E-state index in [0.29, 0.717) is 0 Å². The number of carbonyl (C=O) groups is 2. The molecule has 0 saturated carbocycles. The zero-order valence-electron chi connectivity index (χ0n) is 13.1. The first kappa shape index (κ1) is 19.0. The molecule has 0 aliphatic carbocycles. The maximum atomic E-state index is 12.0. The lowest BCUT2D eigenvalue weighted by atomic mass is 10.0. The van der Waals surface area contributed by atoms with Gasteiger partial charge in [-0.1, -0.05) is 13.8 Å². The molecule has 24 heavy (non-hydrogen) atoms. The van der Waals surface area contributed by atoms with Crippen LogP contribution in [0, 0.1) is 26.1 Å². The van der Waals surface area contributed by atoms with Gasteiger partial charge < -0.3 is 10.4 Å². The van der Waals surface area contributed by atoms with Crippen molar-refractivity contribution in [2.45, 2.75) is 32.7 Å². The highest BCUT2D eigenvalue weighted by Crippen LogP contribution is 2.23. The minimum Gasteiger partial charge on any atom is -0.480 e. The SMILES string of the molecule is CC(C)C[C@@H](NC(=O)Cc1cc([N+](=O)[O-])cc([N+](=O)[O-])c1)C(=O)O. The van der Waals surface area contributed by atoms with Crippen molar-refractivity contribution in [3.8, 4) is 0 Å². The van der Waals surface area contributed by atoms with Gasteiger partial charge in [-0.15, -0.1) is 0 Å². The molecule has 0 spiro atoms. The van der Waals surface area contributed by atoms with Gasteiger partial charge in [0.25, 0.3) is 11.4 Å². The molecule has 0 heterocycles. The first-order valence-electron chi connectivity index (χ1n) is 7.05. The molecule has 10 heteroatoms. The molecule has 1 aromatic carbocycles. The molecule has 0 saturated heterocycles.